The van der Waals surface area contributed by atoms with E-state index >= 15 is 0 Å². The van der Waals surface area contributed by atoms with Crippen LogP contribution in [0.2, 0.25) is 0 Å². The number of hydrogen-bond donors (Lipinski definition) is 1. The Morgan fingerprint density at radius 1 is 1.58 bits per heavy atom. The van der Waals surface area contributed by atoms with Crippen molar-refractivity contribution in [3.63, 3.8) is 0 Å². The molecule has 12 heavy (non-hydrogen) atoms. The Kier molecular flexibility index (Phi) is 3.48. The Labute approximate surface area is 73.0 Å². The zero-order valence-electron chi connectivity index (χ0n) is 6.55. The molecule has 0 unspecified atom stereocenters. The first-order chi connectivity index (χ1) is 5.70. The average Bonchev–Trinajstić information content (AvgIpc) is 2.36. The molecule has 0 amide bonds. The van der Waals surface area contributed by atoms with Gasteiger partial charge >= 0.3 is 0 Å². The molecular weight excluding hydrogens is 184 g/mol. The van der Waals surface area contributed by atoms with Gasteiger partial charge in [-0.2, -0.15) is 0 Å². The van der Waals surface area contributed by atoms with Crippen LogP contribution in [0, 0.1) is 6.92 Å². The highest BCUT2D eigenvalue weighted by Gasteiger charge is 2.04. The minimum absolute atomic E-state index is 0.280. The summed E-state index contributed by atoms with van der Waals surface area (Å²) in [5.41, 5.74) is 0.807. The van der Waals surface area contributed by atoms with Crippen LogP contribution in [0.4, 0.5) is 8.78 Å². The molecule has 0 aromatic carbocycles. The van der Waals surface area contributed by atoms with Gasteiger partial charge in [0.05, 0.1) is 17.1 Å². The van der Waals surface area contributed by atoms with E-state index in [1.54, 1.807) is 0 Å². The molecule has 0 aliphatic rings. The molecule has 0 spiro atoms. The average molecular weight is 193 g/mol. The summed E-state index contributed by atoms with van der Waals surface area (Å²) in [4.78, 5) is 0.913. The van der Waals surface area contributed by atoms with E-state index in [-0.39, 0.29) is 6.54 Å². The van der Waals surface area contributed by atoms with Crippen LogP contribution in [0.5, 0.6) is 0 Å². The highest BCUT2D eigenvalue weighted by molar-refractivity contribution is 7.05. The Hall–Kier alpha value is -0.620. The van der Waals surface area contributed by atoms with Crippen molar-refractivity contribution in [2.45, 2.75) is 19.9 Å². The Balaban J connectivity index is 2.29. The second kappa shape index (κ2) is 4.42. The summed E-state index contributed by atoms with van der Waals surface area (Å²) in [7, 11) is 0. The van der Waals surface area contributed by atoms with E-state index < -0.39 is 6.43 Å². The lowest BCUT2D eigenvalue weighted by molar-refractivity contribution is 0.145. The van der Waals surface area contributed by atoms with Crippen molar-refractivity contribution in [1.29, 1.82) is 0 Å². The molecule has 0 radical (unpaired) electrons. The fourth-order valence-electron chi connectivity index (χ4n) is 0.708. The number of alkyl halides is 2. The molecule has 1 rings (SSSR count). The second-order valence-electron chi connectivity index (χ2n) is 2.30. The molecule has 1 heterocycles. The molecule has 6 heteroatoms. The summed E-state index contributed by atoms with van der Waals surface area (Å²) in [6.45, 7) is 1.95. The molecule has 68 valence electrons. The standard InChI is InChI=1S/C6H9F2N3S/c1-4-5(12-11-10-4)2-9-3-6(7)8/h6,9H,2-3H2,1H3. The maximum Gasteiger partial charge on any atom is 0.250 e. The van der Waals surface area contributed by atoms with Crippen LogP contribution in [0.15, 0.2) is 0 Å². The molecule has 0 bridgehead atoms. The van der Waals surface area contributed by atoms with E-state index in [4.69, 9.17) is 0 Å². The minimum Gasteiger partial charge on any atom is -0.306 e. The minimum atomic E-state index is -2.30. The zero-order valence-corrected chi connectivity index (χ0v) is 7.37. The van der Waals surface area contributed by atoms with Gasteiger partial charge in [-0.25, -0.2) is 8.78 Å². The lowest BCUT2D eigenvalue weighted by Crippen LogP contribution is -2.20. The molecular formula is C6H9F2N3S. The predicted octanol–water partition coefficient (Wildman–Crippen LogP) is 1.20. The summed E-state index contributed by atoms with van der Waals surface area (Å²) >= 11 is 1.23. The van der Waals surface area contributed by atoms with Gasteiger partial charge in [-0.1, -0.05) is 4.49 Å². The SMILES string of the molecule is Cc1nnsc1CNCC(F)F. The van der Waals surface area contributed by atoms with E-state index in [2.05, 4.69) is 14.9 Å². The predicted molar refractivity (Wildman–Crippen MR) is 42.4 cm³/mol. The van der Waals surface area contributed by atoms with E-state index in [1.165, 1.54) is 11.5 Å². The third-order valence-corrected chi connectivity index (χ3v) is 2.15. The summed E-state index contributed by atoms with van der Waals surface area (Å²) < 4.78 is 27.0. The molecule has 1 aromatic heterocycles. The van der Waals surface area contributed by atoms with Crippen molar-refractivity contribution in [1.82, 2.24) is 14.9 Å². The van der Waals surface area contributed by atoms with Crippen molar-refractivity contribution in [2.24, 2.45) is 0 Å². The topological polar surface area (TPSA) is 37.8 Å². The van der Waals surface area contributed by atoms with Gasteiger partial charge < -0.3 is 5.32 Å². The number of aromatic nitrogens is 2. The summed E-state index contributed by atoms with van der Waals surface area (Å²) in [6.07, 6.45) is -2.30. The van der Waals surface area contributed by atoms with Crippen LogP contribution in [-0.2, 0) is 6.54 Å². The fraction of sp³-hybridized carbons (Fsp3) is 0.667. The Morgan fingerprint density at radius 2 is 2.33 bits per heavy atom. The highest BCUT2D eigenvalue weighted by Crippen LogP contribution is 2.07. The van der Waals surface area contributed by atoms with Crippen LogP contribution in [-0.4, -0.2) is 22.6 Å². The van der Waals surface area contributed by atoms with E-state index in [0.29, 0.717) is 6.54 Å². The normalized spacial score (nSPS) is 11.0. The molecule has 0 saturated carbocycles. The summed E-state index contributed by atoms with van der Waals surface area (Å²) in [6, 6.07) is 0. The summed E-state index contributed by atoms with van der Waals surface area (Å²) in [5, 5.41) is 6.36. The largest absolute Gasteiger partial charge is 0.306 e. The van der Waals surface area contributed by atoms with Crippen molar-refractivity contribution >= 4 is 11.5 Å². The Morgan fingerprint density at radius 3 is 2.83 bits per heavy atom. The number of halogens is 2. The van der Waals surface area contributed by atoms with Crippen LogP contribution in [0.25, 0.3) is 0 Å². The quantitative estimate of drug-likeness (QED) is 0.780. The number of nitrogens with one attached hydrogen (secondary N) is 1. The van der Waals surface area contributed by atoms with Crippen molar-refractivity contribution in [3.05, 3.63) is 10.6 Å². The molecule has 1 N–H and O–H groups in total. The molecule has 0 atom stereocenters. The van der Waals surface area contributed by atoms with E-state index in [9.17, 15) is 8.78 Å². The van der Waals surface area contributed by atoms with Crippen LogP contribution >= 0.6 is 11.5 Å². The number of nitrogens with zero attached hydrogens (tertiary/aromatic N) is 2. The van der Waals surface area contributed by atoms with Gasteiger partial charge in [0.1, 0.15) is 0 Å². The van der Waals surface area contributed by atoms with Crippen molar-refractivity contribution in [3.8, 4) is 0 Å². The van der Waals surface area contributed by atoms with Crippen LogP contribution in [0.1, 0.15) is 10.6 Å². The first kappa shape index (κ1) is 9.47. The lowest BCUT2D eigenvalue weighted by atomic mass is 10.4. The number of rotatable bonds is 4. The van der Waals surface area contributed by atoms with Gasteiger partial charge in [-0.15, -0.1) is 5.10 Å². The van der Waals surface area contributed by atoms with E-state index in [0.717, 1.165) is 10.6 Å². The monoisotopic (exact) mass is 193 g/mol. The molecule has 0 fully saturated rings. The fourth-order valence-corrected chi connectivity index (χ4v) is 1.31. The molecule has 3 nitrogen and oxygen atoms in total. The highest BCUT2D eigenvalue weighted by atomic mass is 32.1. The van der Waals surface area contributed by atoms with Gasteiger partial charge in [0.25, 0.3) is 6.43 Å². The number of hydrogen-bond acceptors (Lipinski definition) is 4. The second-order valence-corrected chi connectivity index (χ2v) is 3.14. The summed E-state index contributed by atoms with van der Waals surface area (Å²) in [5.74, 6) is 0. The van der Waals surface area contributed by atoms with Gasteiger partial charge in [-0.05, 0) is 18.5 Å². The third-order valence-electron chi connectivity index (χ3n) is 1.33. The van der Waals surface area contributed by atoms with Crippen LogP contribution in [0.3, 0.4) is 0 Å². The maximum atomic E-state index is 11.7. The third kappa shape index (κ3) is 2.78. The van der Waals surface area contributed by atoms with Crippen LogP contribution < -0.4 is 5.32 Å². The molecule has 1 aromatic rings. The van der Waals surface area contributed by atoms with Crippen molar-refractivity contribution in [2.75, 3.05) is 6.54 Å². The lowest BCUT2D eigenvalue weighted by Gasteiger charge is -2.00. The molecule has 0 aliphatic carbocycles. The van der Waals surface area contributed by atoms with E-state index in [1.807, 2.05) is 6.92 Å². The van der Waals surface area contributed by atoms with Gasteiger partial charge in [-0.3, -0.25) is 0 Å². The first-order valence-corrected chi connectivity index (χ1v) is 4.24. The zero-order chi connectivity index (χ0) is 8.97. The van der Waals surface area contributed by atoms with Gasteiger partial charge in [0.15, 0.2) is 0 Å². The first-order valence-electron chi connectivity index (χ1n) is 3.47. The Bertz CT molecular complexity index is 238. The molecule has 0 saturated heterocycles. The molecule has 0 aliphatic heterocycles. The maximum absolute atomic E-state index is 11.7. The van der Waals surface area contributed by atoms with Gasteiger partial charge in [0.2, 0.25) is 0 Å². The van der Waals surface area contributed by atoms with Crippen molar-refractivity contribution < 1.29 is 8.78 Å². The number of aryl methyl sites for hydroxylation is 1. The van der Waals surface area contributed by atoms with Gasteiger partial charge in [0, 0.05) is 6.54 Å². The smallest absolute Gasteiger partial charge is 0.250 e.